The summed E-state index contributed by atoms with van der Waals surface area (Å²) in [6, 6.07) is 9.61. The molecule has 2 unspecified atom stereocenters. The second kappa shape index (κ2) is 7.52. The van der Waals surface area contributed by atoms with E-state index in [2.05, 4.69) is 0 Å². The van der Waals surface area contributed by atoms with Crippen LogP contribution in [0.2, 0.25) is 0 Å². The van der Waals surface area contributed by atoms with Crippen molar-refractivity contribution in [1.29, 1.82) is 0 Å². The Kier molecular flexibility index (Phi) is 6.00. The normalized spacial score (nSPS) is 14.1. The quantitative estimate of drug-likeness (QED) is 0.583. The lowest BCUT2D eigenvalue weighted by atomic mass is 9.82. The number of hydrogen-bond acceptors (Lipinski definition) is 3. The molecule has 0 saturated heterocycles. The lowest BCUT2D eigenvalue weighted by molar-refractivity contribution is -0.144. The summed E-state index contributed by atoms with van der Waals surface area (Å²) in [7, 11) is 1.37. The minimum atomic E-state index is -0.429. The van der Waals surface area contributed by atoms with E-state index >= 15 is 0 Å². The van der Waals surface area contributed by atoms with Gasteiger partial charge in [-0.25, -0.2) is 0 Å². The summed E-state index contributed by atoms with van der Waals surface area (Å²) in [6.45, 7) is 3.39. The van der Waals surface area contributed by atoms with Crippen molar-refractivity contribution in [3.8, 4) is 0 Å². The third-order valence-corrected chi connectivity index (χ3v) is 3.04. The number of rotatable bonds is 6. The van der Waals surface area contributed by atoms with Crippen LogP contribution in [0.5, 0.6) is 0 Å². The first-order chi connectivity index (χ1) is 9.10. The maximum Gasteiger partial charge on any atom is 0.313 e. The van der Waals surface area contributed by atoms with E-state index < -0.39 is 5.92 Å². The van der Waals surface area contributed by atoms with Gasteiger partial charge in [-0.2, -0.15) is 0 Å². The van der Waals surface area contributed by atoms with Crippen LogP contribution < -0.4 is 0 Å². The first-order valence-corrected chi connectivity index (χ1v) is 6.35. The maximum absolute atomic E-state index is 11.9. The molecule has 0 radical (unpaired) electrons. The summed E-state index contributed by atoms with van der Waals surface area (Å²) in [5.74, 6) is -0.857. The number of benzene rings is 1. The minimum absolute atomic E-state index is 0.0623. The molecule has 3 nitrogen and oxygen atoms in total. The molecule has 0 aromatic heterocycles. The van der Waals surface area contributed by atoms with Gasteiger partial charge < -0.3 is 9.53 Å². The van der Waals surface area contributed by atoms with Gasteiger partial charge in [0, 0.05) is 12.3 Å². The number of carbonyl (C=O) groups is 2. The van der Waals surface area contributed by atoms with Crippen LogP contribution in [0.3, 0.4) is 0 Å². The third kappa shape index (κ3) is 4.36. The number of Topliss-reactive ketones (excluding diaryl/α,β-unsaturated/α-hetero) is 1. The zero-order chi connectivity index (χ0) is 14.3. The number of esters is 1. The fraction of sp³-hybridized carbons (Fsp3) is 0.375. The molecule has 0 amide bonds. The fourth-order valence-electron chi connectivity index (χ4n) is 2.18. The maximum atomic E-state index is 11.9. The van der Waals surface area contributed by atoms with Crippen molar-refractivity contribution in [2.75, 3.05) is 7.11 Å². The van der Waals surface area contributed by atoms with Gasteiger partial charge in [0.25, 0.3) is 0 Å². The SMILES string of the molecule is C/C=C/C(C(=O)OC)C(CC(C)=O)c1ccccc1. The molecule has 0 fully saturated rings. The van der Waals surface area contributed by atoms with Gasteiger partial charge in [0.05, 0.1) is 13.0 Å². The summed E-state index contributed by atoms with van der Waals surface area (Å²) in [4.78, 5) is 23.4. The number of allylic oxidation sites excluding steroid dienone is 1. The van der Waals surface area contributed by atoms with E-state index in [1.54, 1.807) is 13.0 Å². The summed E-state index contributed by atoms with van der Waals surface area (Å²) in [5.41, 5.74) is 0.978. The monoisotopic (exact) mass is 260 g/mol. The Morgan fingerprint density at radius 3 is 2.37 bits per heavy atom. The van der Waals surface area contributed by atoms with E-state index in [1.807, 2.05) is 43.3 Å². The van der Waals surface area contributed by atoms with Crippen LogP contribution >= 0.6 is 0 Å². The summed E-state index contributed by atoms with van der Waals surface area (Å²) < 4.78 is 4.85. The Bertz CT molecular complexity index is 448. The van der Waals surface area contributed by atoms with Crippen molar-refractivity contribution in [1.82, 2.24) is 0 Å². The van der Waals surface area contributed by atoms with Crippen molar-refractivity contribution in [3.63, 3.8) is 0 Å². The Labute approximate surface area is 114 Å². The predicted octanol–water partition coefficient (Wildman–Crippen LogP) is 3.11. The molecular weight excluding hydrogens is 240 g/mol. The van der Waals surface area contributed by atoms with E-state index in [1.165, 1.54) is 7.11 Å². The van der Waals surface area contributed by atoms with Gasteiger partial charge in [-0.15, -0.1) is 0 Å². The van der Waals surface area contributed by atoms with Gasteiger partial charge in [0.2, 0.25) is 0 Å². The molecule has 3 heteroatoms. The van der Waals surface area contributed by atoms with Crippen LogP contribution in [-0.2, 0) is 14.3 Å². The number of methoxy groups -OCH3 is 1. The van der Waals surface area contributed by atoms with E-state index in [0.717, 1.165) is 5.56 Å². The van der Waals surface area contributed by atoms with Crippen LogP contribution in [0.1, 0.15) is 31.7 Å². The molecule has 2 atom stereocenters. The molecule has 102 valence electrons. The van der Waals surface area contributed by atoms with Gasteiger partial charge in [-0.1, -0.05) is 42.5 Å². The molecule has 0 heterocycles. The molecule has 0 saturated carbocycles. The van der Waals surface area contributed by atoms with E-state index in [4.69, 9.17) is 4.74 Å². The fourth-order valence-corrected chi connectivity index (χ4v) is 2.18. The highest BCUT2D eigenvalue weighted by atomic mass is 16.5. The lowest BCUT2D eigenvalue weighted by Crippen LogP contribution is -2.23. The zero-order valence-corrected chi connectivity index (χ0v) is 11.6. The van der Waals surface area contributed by atoms with Crippen molar-refractivity contribution in [2.24, 2.45) is 5.92 Å². The predicted molar refractivity (Wildman–Crippen MR) is 74.8 cm³/mol. The van der Waals surface area contributed by atoms with Crippen molar-refractivity contribution >= 4 is 11.8 Å². The molecule has 0 aliphatic rings. The molecule has 0 spiro atoms. The first-order valence-electron chi connectivity index (χ1n) is 6.35. The molecule has 1 aromatic carbocycles. The van der Waals surface area contributed by atoms with E-state index in [0.29, 0.717) is 6.42 Å². The third-order valence-electron chi connectivity index (χ3n) is 3.04. The molecule has 0 N–H and O–H groups in total. The molecule has 1 rings (SSSR count). The highest BCUT2D eigenvalue weighted by Crippen LogP contribution is 2.30. The van der Waals surface area contributed by atoms with Crippen LogP contribution in [0.15, 0.2) is 42.5 Å². The molecule has 19 heavy (non-hydrogen) atoms. The Balaban J connectivity index is 3.13. The van der Waals surface area contributed by atoms with E-state index in [9.17, 15) is 9.59 Å². The second-order valence-electron chi connectivity index (χ2n) is 4.50. The zero-order valence-electron chi connectivity index (χ0n) is 11.6. The average molecular weight is 260 g/mol. The van der Waals surface area contributed by atoms with Crippen LogP contribution in [0.25, 0.3) is 0 Å². The first kappa shape index (κ1) is 15.2. The summed E-state index contributed by atoms with van der Waals surface area (Å²) in [6.07, 6.45) is 3.94. The van der Waals surface area contributed by atoms with Gasteiger partial charge in [-0.3, -0.25) is 4.79 Å². The van der Waals surface area contributed by atoms with Crippen LogP contribution in [0, 0.1) is 5.92 Å². The molecule has 0 aliphatic carbocycles. The standard InChI is InChI=1S/C16H20O3/c1-4-8-14(16(18)19-3)15(11-12(2)17)13-9-6-5-7-10-13/h4-10,14-15H,11H2,1-3H3/b8-4+. The summed E-state index contributed by atoms with van der Waals surface area (Å²) in [5, 5.41) is 0. The van der Waals surface area contributed by atoms with Gasteiger partial charge in [-0.05, 0) is 19.4 Å². The van der Waals surface area contributed by atoms with Crippen molar-refractivity contribution in [3.05, 3.63) is 48.0 Å². The Hall–Kier alpha value is -1.90. The lowest BCUT2D eigenvalue weighted by Gasteiger charge is -2.22. The summed E-state index contributed by atoms with van der Waals surface area (Å²) >= 11 is 0. The number of carbonyl (C=O) groups excluding carboxylic acids is 2. The van der Waals surface area contributed by atoms with Gasteiger partial charge >= 0.3 is 5.97 Å². The number of ether oxygens (including phenoxy) is 1. The van der Waals surface area contributed by atoms with Gasteiger partial charge in [0.1, 0.15) is 5.78 Å². The smallest absolute Gasteiger partial charge is 0.313 e. The Morgan fingerprint density at radius 1 is 1.26 bits per heavy atom. The highest BCUT2D eigenvalue weighted by Gasteiger charge is 2.29. The minimum Gasteiger partial charge on any atom is -0.469 e. The van der Waals surface area contributed by atoms with E-state index in [-0.39, 0.29) is 17.7 Å². The molecule has 0 bridgehead atoms. The molecular formula is C16H20O3. The van der Waals surface area contributed by atoms with Crippen LogP contribution in [0.4, 0.5) is 0 Å². The molecule has 1 aromatic rings. The Morgan fingerprint density at radius 2 is 1.89 bits per heavy atom. The largest absolute Gasteiger partial charge is 0.469 e. The average Bonchev–Trinajstić information content (AvgIpc) is 2.42. The highest BCUT2D eigenvalue weighted by molar-refractivity contribution is 5.80. The molecule has 0 aliphatic heterocycles. The number of hydrogen-bond donors (Lipinski definition) is 0. The van der Waals surface area contributed by atoms with Crippen LogP contribution in [-0.4, -0.2) is 18.9 Å². The van der Waals surface area contributed by atoms with Crippen molar-refractivity contribution in [2.45, 2.75) is 26.2 Å². The topological polar surface area (TPSA) is 43.4 Å². The van der Waals surface area contributed by atoms with Crippen molar-refractivity contribution < 1.29 is 14.3 Å². The number of ketones is 1. The van der Waals surface area contributed by atoms with Gasteiger partial charge in [0.15, 0.2) is 0 Å². The second-order valence-corrected chi connectivity index (χ2v) is 4.50.